The molecule has 2 N–H and O–H groups in total. The number of carbonyl (C=O) groups is 2. The van der Waals surface area contributed by atoms with E-state index in [1.807, 2.05) is 42.5 Å². The van der Waals surface area contributed by atoms with Crippen LogP contribution in [0.15, 0.2) is 72.9 Å². The SMILES string of the molecule is O=C(CN1C(=O)COc2cccnc21)Nc1ccc(Nc2ccccc2)cc1. The van der Waals surface area contributed by atoms with Crippen LogP contribution < -0.4 is 20.3 Å². The van der Waals surface area contributed by atoms with Crippen molar-refractivity contribution in [3.63, 3.8) is 0 Å². The van der Waals surface area contributed by atoms with Crippen LogP contribution in [0.5, 0.6) is 5.75 Å². The molecule has 0 atom stereocenters. The fraction of sp³-hybridized carbons (Fsp3) is 0.0952. The van der Waals surface area contributed by atoms with Gasteiger partial charge in [0.15, 0.2) is 18.2 Å². The minimum atomic E-state index is -0.310. The van der Waals surface area contributed by atoms with Crippen molar-refractivity contribution < 1.29 is 14.3 Å². The van der Waals surface area contributed by atoms with E-state index in [0.717, 1.165) is 11.4 Å². The zero-order chi connectivity index (χ0) is 19.3. The lowest BCUT2D eigenvalue weighted by atomic mass is 10.2. The molecule has 2 amide bonds. The lowest BCUT2D eigenvalue weighted by Crippen LogP contribution is -2.43. The Labute approximate surface area is 162 Å². The number of nitrogens with zero attached hydrogens (tertiary/aromatic N) is 2. The van der Waals surface area contributed by atoms with Crippen LogP contribution in [0.3, 0.4) is 0 Å². The van der Waals surface area contributed by atoms with Crippen LogP contribution in [0.4, 0.5) is 22.9 Å². The summed E-state index contributed by atoms with van der Waals surface area (Å²) in [7, 11) is 0. The Morgan fingerprint density at radius 1 is 0.964 bits per heavy atom. The van der Waals surface area contributed by atoms with Crippen molar-refractivity contribution in [3.05, 3.63) is 72.9 Å². The number of pyridine rings is 1. The molecule has 0 bridgehead atoms. The highest BCUT2D eigenvalue weighted by Gasteiger charge is 2.28. The van der Waals surface area contributed by atoms with Crippen molar-refractivity contribution in [2.75, 3.05) is 28.7 Å². The highest BCUT2D eigenvalue weighted by atomic mass is 16.5. The number of nitrogens with one attached hydrogen (secondary N) is 2. The van der Waals surface area contributed by atoms with E-state index >= 15 is 0 Å². The van der Waals surface area contributed by atoms with Gasteiger partial charge in [-0.2, -0.15) is 0 Å². The summed E-state index contributed by atoms with van der Waals surface area (Å²) in [5, 5.41) is 6.08. The third kappa shape index (κ3) is 3.93. The number of fused-ring (bicyclic) bond motifs is 1. The second-order valence-corrected chi connectivity index (χ2v) is 6.21. The summed E-state index contributed by atoms with van der Waals surface area (Å²) in [6.45, 7) is -0.234. The lowest BCUT2D eigenvalue weighted by molar-refractivity contribution is -0.123. The quantitative estimate of drug-likeness (QED) is 0.717. The van der Waals surface area contributed by atoms with Crippen molar-refractivity contribution in [3.8, 4) is 5.75 Å². The molecule has 1 aliphatic rings. The average molecular weight is 374 g/mol. The number of carbonyl (C=O) groups excluding carboxylic acids is 2. The molecule has 0 saturated heterocycles. The summed E-state index contributed by atoms with van der Waals surface area (Å²) in [6, 6.07) is 20.6. The van der Waals surface area contributed by atoms with Gasteiger partial charge >= 0.3 is 0 Å². The van der Waals surface area contributed by atoms with Gasteiger partial charge in [-0.25, -0.2) is 4.98 Å². The van der Waals surface area contributed by atoms with E-state index in [4.69, 9.17) is 4.74 Å². The summed E-state index contributed by atoms with van der Waals surface area (Å²) < 4.78 is 5.34. The van der Waals surface area contributed by atoms with E-state index in [9.17, 15) is 9.59 Å². The van der Waals surface area contributed by atoms with Gasteiger partial charge in [0.2, 0.25) is 5.91 Å². The summed E-state index contributed by atoms with van der Waals surface area (Å²) in [5.41, 5.74) is 2.53. The maximum absolute atomic E-state index is 12.4. The number of ether oxygens (including phenoxy) is 1. The molecule has 7 nitrogen and oxygen atoms in total. The first-order valence-corrected chi connectivity index (χ1v) is 8.79. The molecule has 0 unspecified atom stereocenters. The molecule has 3 aromatic rings. The highest BCUT2D eigenvalue weighted by molar-refractivity contribution is 6.04. The largest absolute Gasteiger partial charge is 0.480 e. The summed E-state index contributed by atoms with van der Waals surface area (Å²) in [4.78, 5) is 30.0. The lowest BCUT2D eigenvalue weighted by Gasteiger charge is -2.27. The van der Waals surface area contributed by atoms with Crippen molar-refractivity contribution >= 4 is 34.7 Å². The van der Waals surface area contributed by atoms with Gasteiger partial charge < -0.3 is 15.4 Å². The van der Waals surface area contributed by atoms with E-state index in [2.05, 4.69) is 15.6 Å². The van der Waals surface area contributed by atoms with Gasteiger partial charge in [-0.05, 0) is 48.5 Å². The average Bonchev–Trinajstić information content (AvgIpc) is 2.72. The molecule has 2 aromatic carbocycles. The van der Waals surface area contributed by atoms with Crippen molar-refractivity contribution in [1.82, 2.24) is 4.98 Å². The van der Waals surface area contributed by atoms with E-state index in [-0.39, 0.29) is 25.0 Å². The number of aromatic nitrogens is 1. The standard InChI is InChI=1S/C21H18N4O3/c26-19(13-25-20(27)14-28-18-7-4-12-22-21(18)25)24-17-10-8-16(9-11-17)23-15-5-2-1-3-6-15/h1-12,23H,13-14H2,(H,24,26). The fourth-order valence-corrected chi connectivity index (χ4v) is 2.87. The highest BCUT2D eigenvalue weighted by Crippen LogP contribution is 2.28. The van der Waals surface area contributed by atoms with Crippen LogP contribution in [-0.2, 0) is 9.59 Å². The van der Waals surface area contributed by atoms with Gasteiger partial charge in [-0.3, -0.25) is 14.5 Å². The van der Waals surface area contributed by atoms with Gasteiger partial charge in [-0.15, -0.1) is 0 Å². The summed E-state index contributed by atoms with van der Waals surface area (Å²) in [5.74, 6) is 0.238. The Balaban J connectivity index is 1.39. The van der Waals surface area contributed by atoms with Crippen molar-refractivity contribution in [2.45, 2.75) is 0 Å². The molecule has 2 heterocycles. The maximum atomic E-state index is 12.4. The normalized spacial score (nSPS) is 12.7. The van der Waals surface area contributed by atoms with E-state index in [0.29, 0.717) is 17.3 Å². The van der Waals surface area contributed by atoms with Crippen molar-refractivity contribution in [1.29, 1.82) is 0 Å². The molecule has 140 valence electrons. The predicted molar refractivity (Wildman–Crippen MR) is 107 cm³/mol. The van der Waals surface area contributed by atoms with Crippen LogP contribution >= 0.6 is 0 Å². The topological polar surface area (TPSA) is 83.6 Å². The first kappa shape index (κ1) is 17.5. The third-order valence-electron chi connectivity index (χ3n) is 4.19. The molecular weight excluding hydrogens is 356 g/mol. The molecule has 0 saturated carbocycles. The fourth-order valence-electron chi connectivity index (χ4n) is 2.87. The van der Waals surface area contributed by atoms with Crippen LogP contribution in [0.2, 0.25) is 0 Å². The van der Waals surface area contributed by atoms with Crippen molar-refractivity contribution in [2.24, 2.45) is 0 Å². The first-order chi connectivity index (χ1) is 13.7. The van der Waals surface area contributed by atoms with E-state index in [1.54, 1.807) is 30.5 Å². The van der Waals surface area contributed by atoms with Crippen LogP contribution in [-0.4, -0.2) is 29.9 Å². The zero-order valence-electron chi connectivity index (χ0n) is 15.0. The smallest absolute Gasteiger partial charge is 0.266 e. The Hall–Kier alpha value is -3.87. The summed E-state index contributed by atoms with van der Waals surface area (Å²) in [6.07, 6.45) is 1.56. The molecule has 1 aliphatic heterocycles. The number of rotatable bonds is 5. The monoisotopic (exact) mass is 374 g/mol. The third-order valence-corrected chi connectivity index (χ3v) is 4.19. The van der Waals surface area contributed by atoms with E-state index < -0.39 is 0 Å². The molecule has 4 rings (SSSR count). The van der Waals surface area contributed by atoms with Crippen LogP contribution in [0.25, 0.3) is 0 Å². The Morgan fingerprint density at radius 2 is 1.68 bits per heavy atom. The number of benzene rings is 2. The molecule has 0 aliphatic carbocycles. The van der Waals surface area contributed by atoms with Crippen LogP contribution in [0.1, 0.15) is 0 Å². The summed E-state index contributed by atoms with van der Waals surface area (Å²) >= 11 is 0. The van der Waals surface area contributed by atoms with E-state index in [1.165, 1.54) is 4.90 Å². The number of hydrogen-bond acceptors (Lipinski definition) is 5. The number of anilines is 4. The minimum absolute atomic E-state index is 0.105. The van der Waals surface area contributed by atoms with Gasteiger partial charge in [0.25, 0.3) is 5.91 Å². The molecule has 0 radical (unpaired) electrons. The molecule has 0 fully saturated rings. The first-order valence-electron chi connectivity index (χ1n) is 8.79. The number of hydrogen-bond donors (Lipinski definition) is 2. The molecule has 7 heteroatoms. The molecular formula is C21H18N4O3. The van der Waals surface area contributed by atoms with Gasteiger partial charge in [0.05, 0.1) is 0 Å². The van der Waals surface area contributed by atoms with Gasteiger partial charge in [0.1, 0.15) is 6.54 Å². The van der Waals surface area contributed by atoms with Crippen LogP contribution in [0, 0.1) is 0 Å². The minimum Gasteiger partial charge on any atom is -0.480 e. The number of para-hydroxylation sites is 1. The Bertz CT molecular complexity index is 990. The molecule has 1 aromatic heterocycles. The molecule has 0 spiro atoms. The van der Waals surface area contributed by atoms with Gasteiger partial charge in [-0.1, -0.05) is 18.2 Å². The Kier molecular flexibility index (Phi) is 4.88. The van der Waals surface area contributed by atoms with Gasteiger partial charge in [0, 0.05) is 23.3 Å². The second-order valence-electron chi connectivity index (χ2n) is 6.21. The zero-order valence-corrected chi connectivity index (χ0v) is 15.0. The predicted octanol–water partition coefficient (Wildman–Crippen LogP) is 3.19. The Morgan fingerprint density at radius 3 is 2.46 bits per heavy atom. The maximum Gasteiger partial charge on any atom is 0.266 e. The second kappa shape index (κ2) is 7.79. The molecule has 28 heavy (non-hydrogen) atoms. The number of amides is 2.